The van der Waals surface area contributed by atoms with Crippen molar-refractivity contribution in [3.8, 4) is 0 Å². The highest BCUT2D eigenvalue weighted by Crippen LogP contribution is 2.29. The molecule has 5 nitrogen and oxygen atoms in total. The molecule has 0 saturated heterocycles. The summed E-state index contributed by atoms with van der Waals surface area (Å²) in [5.74, 6) is -0.178. The molecule has 0 atom stereocenters. The van der Waals surface area contributed by atoms with E-state index in [2.05, 4.69) is 10.3 Å². The molecule has 1 amide bonds. The van der Waals surface area contributed by atoms with Crippen LogP contribution in [0.25, 0.3) is 10.2 Å². The lowest BCUT2D eigenvalue weighted by Crippen LogP contribution is -2.15. The summed E-state index contributed by atoms with van der Waals surface area (Å²) in [6.45, 7) is 7.36. The molecule has 27 heavy (non-hydrogen) atoms. The highest BCUT2D eigenvalue weighted by molar-refractivity contribution is 7.92. The molecular weight excluding hydrogens is 380 g/mol. The van der Waals surface area contributed by atoms with Gasteiger partial charge < -0.3 is 5.32 Å². The van der Waals surface area contributed by atoms with E-state index in [1.807, 2.05) is 26.0 Å². The number of thiazole rings is 1. The van der Waals surface area contributed by atoms with Gasteiger partial charge in [-0.2, -0.15) is 0 Å². The van der Waals surface area contributed by atoms with Crippen molar-refractivity contribution in [2.45, 2.75) is 44.3 Å². The Morgan fingerprint density at radius 1 is 1.11 bits per heavy atom. The number of fused-ring (bicyclic) bond motifs is 1. The molecule has 0 unspecified atom stereocenters. The van der Waals surface area contributed by atoms with Crippen molar-refractivity contribution in [1.82, 2.24) is 4.98 Å². The van der Waals surface area contributed by atoms with Gasteiger partial charge in [0, 0.05) is 0 Å². The Kier molecular flexibility index (Phi) is 5.35. The molecule has 0 bridgehead atoms. The summed E-state index contributed by atoms with van der Waals surface area (Å²) in [6, 6.07) is 10.5. The average molecular weight is 403 g/mol. The second-order valence-electron chi connectivity index (χ2n) is 6.84. The van der Waals surface area contributed by atoms with Gasteiger partial charge in [-0.1, -0.05) is 29.5 Å². The van der Waals surface area contributed by atoms with Crippen molar-refractivity contribution < 1.29 is 13.2 Å². The zero-order chi connectivity index (χ0) is 19.8. The normalized spacial score (nSPS) is 11.9. The Morgan fingerprint density at radius 3 is 2.41 bits per heavy atom. The summed E-state index contributed by atoms with van der Waals surface area (Å²) in [7, 11) is -3.30. The third-order valence-electron chi connectivity index (χ3n) is 4.57. The van der Waals surface area contributed by atoms with Crippen LogP contribution in [0.5, 0.6) is 0 Å². The third kappa shape index (κ3) is 4.04. The van der Waals surface area contributed by atoms with Gasteiger partial charge in [-0.3, -0.25) is 4.79 Å². The van der Waals surface area contributed by atoms with Gasteiger partial charge in [-0.25, -0.2) is 13.4 Å². The van der Waals surface area contributed by atoms with Gasteiger partial charge in [-0.05, 0) is 62.6 Å². The van der Waals surface area contributed by atoms with Gasteiger partial charge in [0.2, 0.25) is 5.91 Å². The quantitative estimate of drug-likeness (QED) is 0.691. The molecule has 0 radical (unpaired) electrons. The zero-order valence-corrected chi connectivity index (χ0v) is 17.4. The summed E-state index contributed by atoms with van der Waals surface area (Å²) >= 11 is 1.45. The molecule has 2 aromatic carbocycles. The Hall–Kier alpha value is -2.25. The van der Waals surface area contributed by atoms with Crippen molar-refractivity contribution in [3.05, 3.63) is 53.1 Å². The lowest BCUT2D eigenvalue weighted by atomic mass is 10.1. The van der Waals surface area contributed by atoms with Crippen LogP contribution in [0.3, 0.4) is 0 Å². The Labute approximate surface area is 163 Å². The Balaban J connectivity index is 1.72. The molecule has 0 saturated carbocycles. The number of hydrogen-bond acceptors (Lipinski definition) is 5. The molecule has 3 rings (SSSR count). The largest absolute Gasteiger partial charge is 0.302 e. The lowest BCUT2D eigenvalue weighted by Gasteiger charge is -2.08. The van der Waals surface area contributed by atoms with Crippen LogP contribution in [0.4, 0.5) is 5.13 Å². The van der Waals surface area contributed by atoms with E-state index in [1.54, 1.807) is 38.1 Å². The average Bonchev–Trinajstić information content (AvgIpc) is 3.01. The molecule has 0 aliphatic heterocycles. The van der Waals surface area contributed by atoms with Gasteiger partial charge in [-0.15, -0.1) is 0 Å². The monoisotopic (exact) mass is 402 g/mol. The Bertz CT molecular complexity index is 1100. The minimum absolute atomic E-state index is 0.163. The maximum absolute atomic E-state index is 12.3. The van der Waals surface area contributed by atoms with Crippen molar-refractivity contribution in [2.75, 3.05) is 5.32 Å². The fourth-order valence-corrected chi connectivity index (χ4v) is 4.70. The number of benzene rings is 2. The lowest BCUT2D eigenvalue weighted by molar-refractivity contribution is -0.115. The molecule has 0 spiro atoms. The molecular formula is C20H22N2O3S2. The van der Waals surface area contributed by atoms with Crippen LogP contribution in [-0.2, 0) is 21.1 Å². The summed E-state index contributed by atoms with van der Waals surface area (Å²) in [6.07, 6.45) is 0.163. The van der Waals surface area contributed by atoms with Crippen LogP contribution in [0, 0.1) is 13.8 Å². The summed E-state index contributed by atoms with van der Waals surface area (Å²) in [4.78, 5) is 17.1. The van der Waals surface area contributed by atoms with Gasteiger partial charge in [0.1, 0.15) is 0 Å². The summed E-state index contributed by atoms with van der Waals surface area (Å²) < 4.78 is 25.4. The van der Waals surface area contributed by atoms with E-state index in [1.165, 1.54) is 16.9 Å². The first kappa shape index (κ1) is 19.5. The highest BCUT2D eigenvalue weighted by Gasteiger charge is 2.19. The summed E-state index contributed by atoms with van der Waals surface area (Å²) in [5.41, 5.74) is 3.95. The standard InChI is InChI=1S/C20H22N2O3S2/c1-12(2)27(24,25)16-8-6-15(7-9-16)11-18(23)21-20-22-19-14(4)13(3)5-10-17(19)26-20/h5-10,12H,11H2,1-4H3,(H,21,22,23). The first-order chi connectivity index (χ1) is 12.7. The number of amides is 1. The minimum Gasteiger partial charge on any atom is -0.302 e. The van der Waals surface area contributed by atoms with Gasteiger partial charge in [0.25, 0.3) is 0 Å². The van der Waals surface area contributed by atoms with E-state index in [0.29, 0.717) is 5.13 Å². The molecule has 1 N–H and O–H groups in total. The number of carbonyl (C=O) groups excluding carboxylic acids is 1. The first-order valence-electron chi connectivity index (χ1n) is 8.68. The SMILES string of the molecule is Cc1ccc2sc(NC(=O)Cc3ccc(S(=O)(=O)C(C)C)cc3)nc2c1C. The van der Waals surface area contributed by atoms with Crippen LogP contribution in [0.15, 0.2) is 41.3 Å². The number of anilines is 1. The Morgan fingerprint density at radius 2 is 1.78 bits per heavy atom. The number of rotatable bonds is 5. The molecule has 142 valence electrons. The third-order valence-corrected chi connectivity index (χ3v) is 7.67. The van der Waals surface area contributed by atoms with Crippen LogP contribution in [0.2, 0.25) is 0 Å². The maximum atomic E-state index is 12.3. The number of sulfone groups is 1. The van der Waals surface area contributed by atoms with Gasteiger partial charge >= 0.3 is 0 Å². The predicted octanol–water partition coefficient (Wildman–Crippen LogP) is 4.28. The first-order valence-corrected chi connectivity index (χ1v) is 11.0. The summed E-state index contributed by atoms with van der Waals surface area (Å²) in [5, 5.41) is 2.94. The number of aromatic nitrogens is 1. The number of hydrogen-bond donors (Lipinski definition) is 1. The smallest absolute Gasteiger partial charge is 0.230 e. The fourth-order valence-electron chi connectivity index (χ4n) is 2.70. The minimum atomic E-state index is -3.30. The van der Waals surface area contributed by atoms with E-state index in [4.69, 9.17) is 0 Å². The van der Waals surface area contributed by atoms with Crippen molar-refractivity contribution in [1.29, 1.82) is 0 Å². The van der Waals surface area contributed by atoms with E-state index in [9.17, 15) is 13.2 Å². The van der Waals surface area contributed by atoms with Gasteiger partial charge in [0.05, 0.1) is 26.8 Å². The molecule has 7 heteroatoms. The van der Waals surface area contributed by atoms with Crippen LogP contribution in [0.1, 0.15) is 30.5 Å². The van der Waals surface area contributed by atoms with E-state index < -0.39 is 15.1 Å². The topological polar surface area (TPSA) is 76.1 Å². The van der Waals surface area contributed by atoms with Crippen molar-refractivity contribution in [3.63, 3.8) is 0 Å². The number of nitrogens with one attached hydrogen (secondary N) is 1. The highest BCUT2D eigenvalue weighted by atomic mass is 32.2. The predicted molar refractivity (Wildman–Crippen MR) is 110 cm³/mol. The van der Waals surface area contributed by atoms with Crippen LogP contribution < -0.4 is 5.32 Å². The fraction of sp³-hybridized carbons (Fsp3) is 0.300. The molecule has 1 heterocycles. The molecule has 0 aliphatic rings. The van der Waals surface area contributed by atoms with Crippen LogP contribution in [-0.4, -0.2) is 24.6 Å². The molecule has 0 fully saturated rings. The second kappa shape index (κ2) is 7.40. The van der Waals surface area contributed by atoms with Crippen LogP contribution >= 0.6 is 11.3 Å². The van der Waals surface area contributed by atoms with E-state index >= 15 is 0 Å². The molecule has 0 aliphatic carbocycles. The number of carbonyl (C=O) groups is 1. The molecule has 3 aromatic rings. The van der Waals surface area contributed by atoms with Crippen molar-refractivity contribution in [2.24, 2.45) is 0 Å². The number of aryl methyl sites for hydroxylation is 2. The zero-order valence-electron chi connectivity index (χ0n) is 15.7. The maximum Gasteiger partial charge on any atom is 0.230 e. The van der Waals surface area contributed by atoms with Gasteiger partial charge in [0.15, 0.2) is 15.0 Å². The van der Waals surface area contributed by atoms with E-state index in [0.717, 1.165) is 21.3 Å². The number of nitrogens with zero attached hydrogens (tertiary/aromatic N) is 1. The second-order valence-corrected chi connectivity index (χ2v) is 10.4. The van der Waals surface area contributed by atoms with Crippen molar-refractivity contribution >= 4 is 42.4 Å². The van der Waals surface area contributed by atoms with E-state index in [-0.39, 0.29) is 17.2 Å². The molecule has 1 aromatic heterocycles.